The molecule has 0 spiro atoms. The maximum absolute atomic E-state index is 2.40. The average Bonchev–Trinajstić information content (AvgIpc) is 2.41. The van der Waals surface area contributed by atoms with Crippen LogP contribution in [0.25, 0.3) is 16.8 Å². The van der Waals surface area contributed by atoms with Crippen LogP contribution in [0.4, 0.5) is 0 Å². The zero-order chi connectivity index (χ0) is 12.6. The monoisotopic (exact) mass is 236 g/mol. The highest BCUT2D eigenvalue weighted by molar-refractivity contribution is 5.96. The van der Waals surface area contributed by atoms with Crippen LogP contribution >= 0.6 is 0 Å². The predicted molar refractivity (Wildman–Crippen MR) is 79.9 cm³/mol. The molecule has 0 aromatic heterocycles. The zero-order valence-corrected chi connectivity index (χ0v) is 11.2. The molecule has 1 unspecified atom stereocenters. The van der Waals surface area contributed by atoms with Crippen LogP contribution < -0.4 is 0 Å². The maximum atomic E-state index is 2.40. The molecule has 0 radical (unpaired) electrons. The molecule has 0 amide bonds. The van der Waals surface area contributed by atoms with Crippen LogP contribution in [0.1, 0.15) is 44.2 Å². The molecule has 1 aliphatic carbocycles. The zero-order valence-electron chi connectivity index (χ0n) is 11.2. The van der Waals surface area contributed by atoms with E-state index in [-0.39, 0.29) is 5.41 Å². The molecule has 92 valence electrons. The summed E-state index contributed by atoms with van der Waals surface area (Å²) in [7, 11) is 0. The minimum atomic E-state index is 0.212. The van der Waals surface area contributed by atoms with Crippen molar-refractivity contribution in [1.29, 1.82) is 0 Å². The Morgan fingerprint density at radius 3 is 2.61 bits per heavy atom. The molecule has 0 saturated heterocycles. The standard InChI is InChI=1S/C18H20/c1-3-4-12-18(2)13-11-15-8-5-7-14-9-6-10-16(18)17(14)15/h5-11,13H,3-4,12H2,1-2H3. The van der Waals surface area contributed by atoms with Gasteiger partial charge in [0.1, 0.15) is 0 Å². The second-order valence-corrected chi connectivity index (χ2v) is 5.61. The van der Waals surface area contributed by atoms with E-state index >= 15 is 0 Å². The molecule has 2 aromatic rings. The molecule has 0 heterocycles. The lowest BCUT2D eigenvalue weighted by Gasteiger charge is -2.31. The first-order chi connectivity index (χ1) is 8.74. The molecule has 18 heavy (non-hydrogen) atoms. The lowest BCUT2D eigenvalue weighted by Crippen LogP contribution is -2.21. The van der Waals surface area contributed by atoms with Crippen molar-refractivity contribution in [2.45, 2.75) is 38.5 Å². The third kappa shape index (κ3) is 1.68. The second kappa shape index (κ2) is 4.28. The largest absolute Gasteiger partial charge is 0.0736 e. The fourth-order valence-electron chi connectivity index (χ4n) is 3.11. The lowest BCUT2D eigenvalue weighted by atomic mass is 9.72. The van der Waals surface area contributed by atoms with E-state index in [2.05, 4.69) is 62.4 Å². The number of hydrogen-bond acceptors (Lipinski definition) is 0. The van der Waals surface area contributed by atoms with Gasteiger partial charge in [-0.05, 0) is 28.3 Å². The van der Waals surface area contributed by atoms with Crippen LogP contribution in [0.2, 0.25) is 0 Å². The van der Waals surface area contributed by atoms with Gasteiger partial charge in [0.25, 0.3) is 0 Å². The minimum Gasteiger partial charge on any atom is -0.0736 e. The summed E-state index contributed by atoms with van der Waals surface area (Å²) < 4.78 is 0. The quantitative estimate of drug-likeness (QED) is 0.677. The van der Waals surface area contributed by atoms with Crippen molar-refractivity contribution in [3.8, 4) is 0 Å². The summed E-state index contributed by atoms with van der Waals surface area (Å²) in [5, 5.41) is 2.83. The van der Waals surface area contributed by atoms with Gasteiger partial charge < -0.3 is 0 Å². The Morgan fingerprint density at radius 2 is 1.83 bits per heavy atom. The first-order valence-corrected chi connectivity index (χ1v) is 6.96. The molecule has 3 rings (SSSR count). The summed E-state index contributed by atoms with van der Waals surface area (Å²) >= 11 is 0. The molecular weight excluding hydrogens is 216 g/mol. The van der Waals surface area contributed by atoms with Crippen LogP contribution in [0, 0.1) is 0 Å². The van der Waals surface area contributed by atoms with Crippen molar-refractivity contribution >= 4 is 16.8 Å². The van der Waals surface area contributed by atoms with E-state index in [0.717, 1.165) is 0 Å². The van der Waals surface area contributed by atoms with Gasteiger partial charge in [0, 0.05) is 5.41 Å². The number of allylic oxidation sites excluding steroid dienone is 1. The number of hydrogen-bond donors (Lipinski definition) is 0. The number of unbranched alkanes of at least 4 members (excludes halogenated alkanes) is 1. The maximum Gasteiger partial charge on any atom is 0.0113 e. The van der Waals surface area contributed by atoms with Gasteiger partial charge in [0.2, 0.25) is 0 Å². The molecule has 0 nitrogen and oxygen atoms in total. The van der Waals surface area contributed by atoms with Gasteiger partial charge >= 0.3 is 0 Å². The first kappa shape index (κ1) is 11.5. The Hall–Kier alpha value is -1.56. The summed E-state index contributed by atoms with van der Waals surface area (Å²) in [4.78, 5) is 0. The van der Waals surface area contributed by atoms with Crippen molar-refractivity contribution in [2.75, 3.05) is 0 Å². The molecule has 0 bridgehead atoms. The van der Waals surface area contributed by atoms with E-state index in [1.807, 2.05) is 0 Å². The van der Waals surface area contributed by atoms with E-state index in [9.17, 15) is 0 Å². The van der Waals surface area contributed by atoms with Gasteiger partial charge in [0.05, 0.1) is 0 Å². The van der Waals surface area contributed by atoms with Crippen LogP contribution in [0.5, 0.6) is 0 Å². The molecule has 0 fully saturated rings. The normalized spacial score (nSPS) is 21.4. The molecule has 1 atom stereocenters. The molecule has 0 saturated carbocycles. The summed E-state index contributed by atoms with van der Waals surface area (Å²) in [6.07, 6.45) is 8.51. The molecule has 0 N–H and O–H groups in total. The predicted octanol–water partition coefficient (Wildman–Crippen LogP) is 5.31. The van der Waals surface area contributed by atoms with E-state index in [4.69, 9.17) is 0 Å². The third-order valence-electron chi connectivity index (χ3n) is 4.23. The lowest BCUT2D eigenvalue weighted by molar-refractivity contribution is 0.514. The van der Waals surface area contributed by atoms with Crippen molar-refractivity contribution in [2.24, 2.45) is 0 Å². The average molecular weight is 236 g/mol. The molecular formula is C18H20. The summed E-state index contributed by atoms with van der Waals surface area (Å²) in [5.41, 5.74) is 3.09. The van der Waals surface area contributed by atoms with Crippen molar-refractivity contribution in [3.05, 3.63) is 53.6 Å². The fraction of sp³-hybridized carbons (Fsp3) is 0.333. The minimum absolute atomic E-state index is 0.212. The van der Waals surface area contributed by atoms with Crippen molar-refractivity contribution < 1.29 is 0 Å². The smallest absolute Gasteiger partial charge is 0.0113 e. The number of benzene rings is 2. The molecule has 0 heteroatoms. The van der Waals surface area contributed by atoms with Crippen LogP contribution in [-0.2, 0) is 5.41 Å². The van der Waals surface area contributed by atoms with Crippen LogP contribution in [-0.4, -0.2) is 0 Å². The van der Waals surface area contributed by atoms with E-state index in [1.165, 1.54) is 41.2 Å². The van der Waals surface area contributed by atoms with E-state index in [1.54, 1.807) is 0 Å². The van der Waals surface area contributed by atoms with E-state index < -0.39 is 0 Å². The first-order valence-electron chi connectivity index (χ1n) is 6.96. The summed E-state index contributed by atoms with van der Waals surface area (Å²) in [5.74, 6) is 0. The summed E-state index contributed by atoms with van der Waals surface area (Å²) in [6, 6.07) is 13.3. The van der Waals surface area contributed by atoms with Gasteiger partial charge in [-0.25, -0.2) is 0 Å². The van der Waals surface area contributed by atoms with Gasteiger partial charge in [-0.15, -0.1) is 0 Å². The van der Waals surface area contributed by atoms with Crippen molar-refractivity contribution in [3.63, 3.8) is 0 Å². The Labute approximate surface area is 109 Å². The number of rotatable bonds is 3. The fourth-order valence-corrected chi connectivity index (χ4v) is 3.11. The third-order valence-corrected chi connectivity index (χ3v) is 4.23. The Morgan fingerprint density at radius 1 is 1.06 bits per heavy atom. The highest BCUT2D eigenvalue weighted by Gasteiger charge is 2.27. The SMILES string of the molecule is CCCCC1(C)C=Cc2cccc3cccc1c23. The highest BCUT2D eigenvalue weighted by Crippen LogP contribution is 2.41. The van der Waals surface area contributed by atoms with Crippen LogP contribution in [0.3, 0.4) is 0 Å². The van der Waals surface area contributed by atoms with E-state index in [0.29, 0.717) is 0 Å². The van der Waals surface area contributed by atoms with Gasteiger partial charge in [0.15, 0.2) is 0 Å². The van der Waals surface area contributed by atoms with Crippen molar-refractivity contribution in [1.82, 2.24) is 0 Å². The second-order valence-electron chi connectivity index (χ2n) is 5.61. The summed E-state index contributed by atoms with van der Waals surface area (Å²) in [6.45, 7) is 4.65. The van der Waals surface area contributed by atoms with Gasteiger partial charge in [-0.3, -0.25) is 0 Å². The molecule has 0 aliphatic heterocycles. The Bertz CT molecular complexity index is 601. The topological polar surface area (TPSA) is 0 Å². The Balaban J connectivity index is 2.21. The highest BCUT2D eigenvalue weighted by atomic mass is 14.3. The van der Waals surface area contributed by atoms with Crippen LogP contribution in [0.15, 0.2) is 42.5 Å². The Kier molecular flexibility index (Phi) is 2.74. The van der Waals surface area contributed by atoms with Gasteiger partial charge in [-0.2, -0.15) is 0 Å². The molecule has 1 aliphatic rings. The molecule has 2 aromatic carbocycles. The van der Waals surface area contributed by atoms with Gasteiger partial charge in [-0.1, -0.05) is 75.2 Å².